The van der Waals surface area contributed by atoms with Crippen molar-refractivity contribution in [2.75, 3.05) is 37.6 Å². The molecule has 4 aliphatic rings. The number of carbonyl (C=O) groups excluding carboxylic acids is 5. The first kappa shape index (κ1) is 30.3. The Hall–Kier alpha value is -4.19. The normalized spacial score (nSPS) is 21.1. The Labute approximate surface area is 251 Å². The second-order valence-electron chi connectivity index (χ2n) is 11.4. The second kappa shape index (κ2) is 13.9. The third-order valence-electron chi connectivity index (χ3n) is 8.32. The topological polar surface area (TPSA) is 145 Å². The van der Waals surface area contributed by atoms with Gasteiger partial charge in [-0.25, -0.2) is 9.97 Å². The van der Waals surface area contributed by atoms with E-state index in [-0.39, 0.29) is 36.3 Å². The fraction of sp³-hybridized carbons (Fsp3) is 0.516. The molecule has 5 amide bonds. The number of fused-ring (bicyclic) bond motifs is 1. The molecule has 1 unspecified atom stereocenters. The summed E-state index contributed by atoms with van der Waals surface area (Å²) in [7, 11) is 0. The highest BCUT2D eigenvalue weighted by Gasteiger charge is 2.47. The van der Waals surface area contributed by atoms with Gasteiger partial charge in [0.25, 0.3) is 11.8 Å². The molecule has 1 aliphatic carbocycles. The lowest BCUT2D eigenvalue weighted by Gasteiger charge is -2.35. The molecule has 0 aromatic carbocycles. The lowest BCUT2D eigenvalue weighted by atomic mass is 10.0. The fourth-order valence-corrected chi connectivity index (χ4v) is 5.99. The molecule has 0 bridgehead atoms. The van der Waals surface area contributed by atoms with Crippen LogP contribution in [-0.4, -0.2) is 88.1 Å². The van der Waals surface area contributed by atoms with Gasteiger partial charge in [0, 0.05) is 57.3 Å². The number of aryl methyl sites for hydroxylation is 1. The maximum absolute atomic E-state index is 13.3. The molecule has 0 radical (unpaired) electrons. The van der Waals surface area contributed by atoms with E-state index in [4.69, 9.17) is 0 Å². The zero-order valence-electron chi connectivity index (χ0n) is 24.6. The second-order valence-corrected chi connectivity index (χ2v) is 11.4. The highest BCUT2D eigenvalue weighted by atomic mass is 16.2. The van der Waals surface area contributed by atoms with E-state index < -0.39 is 29.7 Å². The number of anilines is 1. The molecule has 3 fully saturated rings. The highest BCUT2D eigenvalue weighted by Crippen LogP contribution is 2.33. The van der Waals surface area contributed by atoms with Gasteiger partial charge in [-0.05, 0) is 44.9 Å². The minimum absolute atomic E-state index is 0.0523. The van der Waals surface area contributed by atoms with Gasteiger partial charge in [0.05, 0.1) is 11.1 Å². The lowest BCUT2D eigenvalue weighted by molar-refractivity contribution is -0.149. The van der Waals surface area contributed by atoms with E-state index in [1.807, 2.05) is 19.2 Å². The summed E-state index contributed by atoms with van der Waals surface area (Å²) in [4.78, 5) is 77.6. The van der Waals surface area contributed by atoms with Gasteiger partial charge in [0.1, 0.15) is 17.7 Å². The van der Waals surface area contributed by atoms with E-state index in [0.29, 0.717) is 12.1 Å². The predicted octanol–water partition coefficient (Wildman–Crippen LogP) is 1.68. The fourth-order valence-electron chi connectivity index (χ4n) is 5.99. The van der Waals surface area contributed by atoms with Gasteiger partial charge in [-0.2, -0.15) is 0 Å². The van der Waals surface area contributed by atoms with Crippen molar-refractivity contribution >= 4 is 35.4 Å². The molecular formula is C31H39N7O5. The largest absolute Gasteiger partial charge is 0.354 e. The number of allylic oxidation sites excluding steroid dienone is 3. The standard InChI is InChI=1S/C31H39N7O5/c1-21-32-15-14-25(33-21)37-19-17-36(18-20-37)16-8-4-2-3-5-11-26(39)34-23-10-7-6-9-22-28(23)31(43)38(30(22)42)24-12-13-27(40)35-29(24)41/h6-7,9,14-15,24H,2-5,8,10-13,16-20H2,1H3,(H,34,39)(H,35,40,41). The Morgan fingerprint density at radius 1 is 1.02 bits per heavy atom. The number of imide groups is 2. The van der Waals surface area contributed by atoms with Gasteiger partial charge >= 0.3 is 0 Å². The SMILES string of the molecule is Cc1nccc(N2CCN(CCCCCCCC(=O)NC3=C4C(=O)N(C5CCC(=O)NC5=O)C(=O)C4=CC=CC3)CC2)n1. The predicted molar refractivity (Wildman–Crippen MR) is 158 cm³/mol. The Balaban J connectivity index is 1.02. The van der Waals surface area contributed by atoms with E-state index in [0.717, 1.165) is 81.4 Å². The Kier molecular flexibility index (Phi) is 9.75. The van der Waals surface area contributed by atoms with E-state index >= 15 is 0 Å². The van der Waals surface area contributed by atoms with Crippen LogP contribution in [0.2, 0.25) is 0 Å². The van der Waals surface area contributed by atoms with Gasteiger partial charge in [-0.1, -0.05) is 31.4 Å². The van der Waals surface area contributed by atoms with E-state index in [9.17, 15) is 24.0 Å². The molecule has 12 heteroatoms. The van der Waals surface area contributed by atoms with E-state index in [1.54, 1.807) is 18.2 Å². The molecule has 43 heavy (non-hydrogen) atoms. The molecule has 0 spiro atoms. The smallest absolute Gasteiger partial charge is 0.264 e. The molecule has 2 N–H and O–H groups in total. The lowest BCUT2D eigenvalue weighted by Crippen LogP contribution is -2.54. The van der Waals surface area contributed by atoms with Crippen molar-refractivity contribution in [1.29, 1.82) is 0 Å². The summed E-state index contributed by atoms with van der Waals surface area (Å²) in [6.45, 7) is 6.95. The summed E-state index contributed by atoms with van der Waals surface area (Å²) in [5.74, 6) is -0.695. The van der Waals surface area contributed by atoms with Crippen molar-refractivity contribution in [3.05, 3.63) is 53.2 Å². The number of hydrogen-bond acceptors (Lipinski definition) is 9. The maximum Gasteiger partial charge on any atom is 0.264 e. The summed E-state index contributed by atoms with van der Waals surface area (Å²) in [6.07, 6.45) is 12.5. The van der Waals surface area contributed by atoms with Crippen LogP contribution in [0.15, 0.2) is 47.3 Å². The van der Waals surface area contributed by atoms with Gasteiger partial charge < -0.3 is 10.2 Å². The number of unbranched alkanes of at least 4 members (excludes halogenated alkanes) is 4. The van der Waals surface area contributed by atoms with Crippen molar-refractivity contribution < 1.29 is 24.0 Å². The number of rotatable bonds is 11. The number of aromatic nitrogens is 2. The minimum Gasteiger partial charge on any atom is -0.354 e. The first-order valence-electron chi connectivity index (χ1n) is 15.2. The number of piperidine rings is 1. The van der Waals surface area contributed by atoms with Crippen LogP contribution in [0.4, 0.5) is 5.82 Å². The number of nitrogens with zero attached hydrogens (tertiary/aromatic N) is 5. The third-order valence-corrected chi connectivity index (χ3v) is 8.32. The first-order chi connectivity index (χ1) is 20.8. The molecule has 5 rings (SSSR count). The van der Waals surface area contributed by atoms with Crippen molar-refractivity contribution in [3.8, 4) is 0 Å². The van der Waals surface area contributed by atoms with E-state index in [2.05, 4.69) is 30.4 Å². The number of likely N-dealkylation sites (tertiary alicyclic amines) is 1. The number of amides is 5. The average Bonchev–Trinajstić information content (AvgIpc) is 3.10. The van der Waals surface area contributed by atoms with Crippen LogP contribution in [0.1, 0.15) is 63.6 Å². The van der Waals surface area contributed by atoms with Gasteiger partial charge in [-0.3, -0.25) is 39.1 Å². The van der Waals surface area contributed by atoms with E-state index in [1.165, 1.54) is 0 Å². The van der Waals surface area contributed by atoms with Crippen LogP contribution in [-0.2, 0) is 24.0 Å². The molecule has 228 valence electrons. The molecule has 12 nitrogen and oxygen atoms in total. The molecular weight excluding hydrogens is 550 g/mol. The summed E-state index contributed by atoms with van der Waals surface area (Å²) in [5.41, 5.74) is 0.651. The van der Waals surface area contributed by atoms with Crippen LogP contribution >= 0.6 is 0 Å². The Morgan fingerprint density at radius 3 is 2.56 bits per heavy atom. The number of hydrogen-bond donors (Lipinski definition) is 2. The molecule has 1 aromatic rings. The minimum atomic E-state index is -1.04. The molecule has 1 atom stereocenters. The van der Waals surface area contributed by atoms with Gasteiger partial charge in [0.15, 0.2) is 0 Å². The van der Waals surface area contributed by atoms with Crippen LogP contribution in [0, 0.1) is 6.92 Å². The molecule has 1 aromatic heterocycles. The van der Waals surface area contributed by atoms with Gasteiger partial charge in [-0.15, -0.1) is 0 Å². The van der Waals surface area contributed by atoms with Crippen LogP contribution < -0.4 is 15.5 Å². The molecule has 3 saturated heterocycles. The quantitative estimate of drug-likeness (QED) is 0.291. The summed E-state index contributed by atoms with van der Waals surface area (Å²) < 4.78 is 0. The Morgan fingerprint density at radius 2 is 1.79 bits per heavy atom. The maximum atomic E-state index is 13.3. The third kappa shape index (κ3) is 7.24. The van der Waals surface area contributed by atoms with Crippen molar-refractivity contribution in [3.63, 3.8) is 0 Å². The number of carbonyl (C=O) groups is 5. The summed E-state index contributed by atoms with van der Waals surface area (Å²) in [5, 5.41) is 5.06. The van der Waals surface area contributed by atoms with Crippen molar-refractivity contribution in [1.82, 2.24) is 30.4 Å². The summed E-state index contributed by atoms with van der Waals surface area (Å²) in [6, 6.07) is 0.923. The highest BCUT2D eigenvalue weighted by molar-refractivity contribution is 6.27. The zero-order chi connectivity index (χ0) is 30.3. The Bertz CT molecular complexity index is 1380. The van der Waals surface area contributed by atoms with Crippen molar-refractivity contribution in [2.45, 2.75) is 70.8 Å². The average molecular weight is 590 g/mol. The molecule has 0 saturated carbocycles. The molecule has 3 aliphatic heterocycles. The summed E-state index contributed by atoms with van der Waals surface area (Å²) >= 11 is 0. The number of nitrogens with one attached hydrogen (secondary N) is 2. The van der Waals surface area contributed by atoms with Crippen LogP contribution in [0.25, 0.3) is 0 Å². The number of piperazine rings is 1. The van der Waals surface area contributed by atoms with Gasteiger partial charge in [0.2, 0.25) is 17.7 Å². The van der Waals surface area contributed by atoms with Crippen molar-refractivity contribution in [2.24, 2.45) is 0 Å². The van der Waals surface area contributed by atoms with Crippen LogP contribution in [0.3, 0.4) is 0 Å². The van der Waals surface area contributed by atoms with Crippen LogP contribution in [0.5, 0.6) is 0 Å². The molecule has 4 heterocycles. The first-order valence-corrected chi connectivity index (χ1v) is 15.2. The monoisotopic (exact) mass is 589 g/mol. The zero-order valence-corrected chi connectivity index (χ0v) is 24.6.